The number of hydrogen-bond acceptors (Lipinski definition) is 6. The topological polar surface area (TPSA) is 105 Å². The molecule has 5 rings (SSSR count). The van der Waals surface area contributed by atoms with Gasteiger partial charge in [-0.2, -0.15) is 8.42 Å². The van der Waals surface area contributed by atoms with E-state index in [1.54, 1.807) is 31.4 Å². The van der Waals surface area contributed by atoms with E-state index in [-0.39, 0.29) is 11.5 Å². The predicted octanol–water partition coefficient (Wildman–Crippen LogP) is 4.36. The van der Waals surface area contributed by atoms with Gasteiger partial charge in [-0.3, -0.25) is 4.18 Å². The number of esters is 1. The van der Waals surface area contributed by atoms with Crippen LogP contribution in [0.5, 0.6) is 11.5 Å². The standard InChI is InChI=1S/C26H31NO6S/c1-26-13-12-18-19(21(26)10-11-24(26)33-34(27,29)30)9-8-17-14-23(22(31-2)15-20(17)18)32-25(28)16-6-4-3-5-7-16/h3-7,14-15,18-19,21,24H,8-13H2,1-2H3,(H2,27,29,30)/t18?,19?,21?,24-,26-/m0/s1. The van der Waals surface area contributed by atoms with Gasteiger partial charge in [0.25, 0.3) is 0 Å². The normalized spacial score (nSPS) is 30.1. The number of fused-ring (bicyclic) bond motifs is 5. The average Bonchev–Trinajstić information content (AvgIpc) is 3.13. The van der Waals surface area contributed by atoms with E-state index in [1.165, 1.54) is 11.1 Å². The summed E-state index contributed by atoms with van der Waals surface area (Å²) in [4.78, 5) is 12.6. The second-order valence-electron chi connectivity index (χ2n) is 10.1. The Bertz CT molecular complexity index is 1200. The van der Waals surface area contributed by atoms with Crippen LogP contribution in [0.1, 0.15) is 66.4 Å². The SMILES string of the molecule is COc1cc2c(cc1OC(=O)c1ccccc1)CCC1C2CC[C@@]2(C)C1CC[C@@H]2OS(N)(=O)=O. The highest BCUT2D eigenvalue weighted by Gasteiger charge is 2.56. The van der Waals surface area contributed by atoms with Gasteiger partial charge in [-0.25, -0.2) is 9.93 Å². The number of ether oxygens (including phenoxy) is 2. The maximum absolute atomic E-state index is 12.6. The Morgan fingerprint density at radius 2 is 1.82 bits per heavy atom. The van der Waals surface area contributed by atoms with Gasteiger partial charge in [-0.1, -0.05) is 25.1 Å². The molecule has 182 valence electrons. The van der Waals surface area contributed by atoms with Crippen molar-refractivity contribution in [1.29, 1.82) is 0 Å². The van der Waals surface area contributed by atoms with Gasteiger partial charge < -0.3 is 9.47 Å². The molecule has 3 aliphatic carbocycles. The van der Waals surface area contributed by atoms with Gasteiger partial charge in [0.05, 0.1) is 18.8 Å². The monoisotopic (exact) mass is 485 g/mol. The van der Waals surface area contributed by atoms with Crippen LogP contribution in [0.15, 0.2) is 42.5 Å². The minimum atomic E-state index is -3.98. The summed E-state index contributed by atoms with van der Waals surface area (Å²) in [6, 6.07) is 12.9. The zero-order chi connectivity index (χ0) is 24.1. The number of carbonyl (C=O) groups excluding carboxylic acids is 1. The zero-order valence-corrected chi connectivity index (χ0v) is 20.3. The van der Waals surface area contributed by atoms with Crippen molar-refractivity contribution in [3.8, 4) is 11.5 Å². The number of benzene rings is 2. The fourth-order valence-electron chi connectivity index (χ4n) is 6.82. The van der Waals surface area contributed by atoms with Crippen LogP contribution < -0.4 is 14.6 Å². The summed E-state index contributed by atoms with van der Waals surface area (Å²) < 4.78 is 39.9. The third-order valence-corrected chi connectivity index (χ3v) is 8.89. The molecular weight excluding hydrogens is 454 g/mol. The van der Waals surface area contributed by atoms with Crippen molar-refractivity contribution in [2.45, 2.75) is 57.5 Å². The lowest BCUT2D eigenvalue weighted by molar-refractivity contribution is -0.00806. The predicted molar refractivity (Wildman–Crippen MR) is 127 cm³/mol. The molecule has 2 N–H and O–H groups in total. The van der Waals surface area contributed by atoms with Crippen molar-refractivity contribution in [3.63, 3.8) is 0 Å². The highest BCUT2D eigenvalue weighted by molar-refractivity contribution is 7.84. The lowest BCUT2D eigenvalue weighted by Gasteiger charge is -2.50. The molecule has 0 amide bonds. The molecule has 0 radical (unpaired) electrons. The minimum Gasteiger partial charge on any atom is -0.493 e. The molecule has 5 atom stereocenters. The van der Waals surface area contributed by atoms with Crippen molar-refractivity contribution in [1.82, 2.24) is 0 Å². The van der Waals surface area contributed by atoms with Gasteiger partial charge in [-0.15, -0.1) is 0 Å². The molecule has 3 unspecified atom stereocenters. The first-order valence-electron chi connectivity index (χ1n) is 11.9. The van der Waals surface area contributed by atoms with Gasteiger partial charge in [-0.05, 0) is 97.1 Å². The van der Waals surface area contributed by atoms with Crippen molar-refractivity contribution >= 4 is 16.3 Å². The van der Waals surface area contributed by atoms with Crippen molar-refractivity contribution in [2.24, 2.45) is 22.4 Å². The summed E-state index contributed by atoms with van der Waals surface area (Å²) in [6.07, 6.45) is 5.02. The highest BCUT2D eigenvalue weighted by atomic mass is 32.2. The van der Waals surface area contributed by atoms with Crippen LogP contribution in [0, 0.1) is 17.3 Å². The summed E-state index contributed by atoms with van der Waals surface area (Å²) in [5, 5.41) is 5.21. The summed E-state index contributed by atoms with van der Waals surface area (Å²) in [6.45, 7) is 2.17. The second kappa shape index (κ2) is 8.66. The van der Waals surface area contributed by atoms with E-state index in [4.69, 9.17) is 18.8 Å². The van der Waals surface area contributed by atoms with Gasteiger partial charge in [0.1, 0.15) is 0 Å². The Balaban J connectivity index is 1.41. The van der Waals surface area contributed by atoms with Crippen LogP contribution in [0.25, 0.3) is 0 Å². The first kappa shape index (κ1) is 23.3. The zero-order valence-electron chi connectivity index (χ0n) is 19.5. The molecule has 7 nitrogen and oxygen atoms in total. The fourth-order valence-corrected chi connectivity index (χ4v) is 7.46. The largest absolute Gasteiger partial charge is 0.493 e. The molecule has 0 aliphatic heterocycles. The van der Waals surface area contributed by atoms with Crippen molar-refractivity contribution in [2.75, 3.05) is 7.11 Å². The van der Waals surface area contributed by atoms with Crippen LogP contribution in [0.4, 0.5) is 0 Å². The van der Waals surface area contributed by atoms with Gasteiger partial charge >= 0.3 is 16.3 Å². The number of carbonyl (C=O) groups is 1. The molecule has 2 saturated carbocycles. The van der Waals surface area contributed by atoms with Crippen LogP contribution >= 0.6 is 0 Å². The Kier molecular flexibility index (Phi) is 5.94. The van der Waals surface area contributed by atoms with E-state index in [1.807, 2.05) is 18.2 Å². The Morgan fingerprint density at radius 3 is 2.53 bits per heavy atom. The van der Waals surface area contributed by atoms with E-state index >= 15 is 0 Å². The quantitative estimate of drug-likeness (QED) is 0.498. The number of rotatable bonds is 5. The third-order valence-electron chi connectivity index (χ3n) is 8.38. The molecule has 3 aliphatic rings. The van der Waals surface area contributed by atoms with E-state index < -0.39 is 16.3 Å². The van der Waals surface area contributed by atoms with E-state index in [0.717, 1.165) is 32.1 Å². The average molecular weight is 486 g/mol. The number of hydrogen-bond donors (Lipinski definition) is 1. The van der Waals surface area contributed by atoms with Crippen LogP contribution in [-0.4, -0.2) is 27.6 Å². The lowest BCUT2D eigenvalue weighted by atomic mass is 9.55. The molecule has 2 aromatic rings. The lowest BCUT2D eigenvalue weighted by Crippen LogP contribution is -2.45. The summed E-state index contributed by atoms with van der Waals surface area (Å²) in [5.74, 6) is 1.78. The van der Waals surface area contributed by atoms with Crippen LogP contribution in [0.3, 0.4) is 0 Å². The first-order valence-corrected chi connectivity index (χ1v) is 13.4. The van der Waals surface area contributed by atoms with Crippen LogP contribution in [-0.2, 0) is 20.9 Å². The summed E-state index contributed by atoms with van der Waals surface area (Å²) in [7, 11) is -2.39. The number of methoxy groups -OCH3 is 1. The maximum Gasteiger partial charge on any atom is 0.343 e. The molecule has 2 aromatic carbocycles. The van der Waals surface area contributed by atoms with Gasteiger partial charge in [0.15, 0.2) is 11.5 Å². The summed E-state index contributed by atoms with van der Waals surface area (Å²) in [5.41, 5.74) is 2.74. The molecule has 0 heterocycles. The second-order valence-corrected chi connectivity index (χ2v) is 11.3. The first-order chi connectivity index (χ1) is 16.2. The molecule has 0 spiro atoms. The molecule has 34 heavy (non-hydrogen) atoms. The molecule has 2 fully saturated rings. The van der Waals surface area contributed by atoms with E-state index in [0.29, 0.717) is 41.2 Å². The Hall–Kier alpha value is -2.42. The fraction of sp³-hybridized carbons (Fsp3) is 0.500. The number of nitrogens with two attached hydrogens (primary N) is 1. The molecule has 0 aromatic heterocycles. The molecule has 8 heteroatoms. The van der Waals surface area contributed by atoms with Gasteiger partial charge in [0, 0.05) is 0 Å². The smallest absolute Gasteiger partial charge is 0.343 e. The van der Waals surface area contributed by atoms with Crippen molar-refractivity contribution < 1.29 is 26.9 Å². The minimum absolute atomic E-state index is 0.194. The Labute approximate surface area is 200 Å². The highest BCUT2D eigenvalue weighted by Crippen LogP contribution is 2.62. The van der Waals surface area contributed by atoms with E-state index in [9.17, 15) is 13.2 Å². The summed E-state index contributed by atoms with van der Waals surface area (Å²) >= 11 is 0. The van der Waals surface area contributed by atoms with Crippen molar-refractivity contribution in [3.05, 3.63) is 59.2 Å². The molecule has 0 saturated heterocycles. The molecule has 0 bridgehead atoms. The van der Waals surface area contributed by atoms with E-state index in [2.05, 4.69) is 6.92 Å². The van der Waals surface area contributed by atoms with Gasteiger partial charge in [0.2, 0.25) is 0 Å². The third kappa shape index (κ3) is 4.12. The van der Waals surface area contributed by atoms with Crippen LogP contribution in [0.2, 0.25) is 0 Å². The maximum atomic E-state index is 12.6. The number of aryl methyl sites for hydroxylation is 1. The Morgan fingerprint density at radius 1 is 1.06 bits per heavy atom. The molecular formula is C26H31NO6S.